The van der Waals surface area contributed by atoms with E-state index in [-0.39, 0.29) is 0 Å². The maximum atomic E-state index is 2.85. The van der Waals surface area contributed by atoms with Gasteiger partial charge in [-0.1, -0.05) is 201 Å². The molecule has 0 aliphatic carbocycles. The SMILES string of the molecule is CC(C)[Si]([Si]#[Si][Si](C(C)C)(C([Si](C)(C)C)[Si](C)(C)C)C([Si](C)(C)C)[Si](C)(C)C)(C([Si](C)(C)C)[Si](C)(C)C)C([Si](C)(C)C)[Si](C)(C)C. The summed E-state index contributed by atoms with van der Waals surface area (Å²) in [6.07, 6.45) is 0. The first kappa shape index (κ1) is 48.6. The molecule has 46 heavy (non-hydrogen) atoms. The molecule has 0 spiro atoms. The van der Waals surface area contributed by atoms with Gasteiger partial charge in [0.25, 0.3) is 0 Å². The Labute approximate surface area is 308 Å². The molecule has 0 radical (unpaired) electrons. The smallest absolute Gasteiger partial charge is 0.0788 e. The second-order valence-electron chi connectivity index (χ2n) is 25.1. The van der Waals surface area contributed by atoms with Crippen LogP contribution < -0.4 is 0 Å². The summed E-state index contributed by atoms with van der Waals surface area (Å²) in [5, 5.41) is 0. The van der Waals surface area contributed by atoms with Crippen LogP contribution in [-0.4, -0.2) is 95.6 Å². The minimum absolute atomic E-state index is 0.915. The summed E-state index contributed by atoms with van der Waals surface area (Å²) in [5.74, 6) is 0. The molecule has 0 unspecified atom stereocenters. The van der Waals surface area contributed by atoms with E-state index in [4.69, 9.17) is 0 Å². The fourth-order valence-corrected chi connectivity index (χ4v) is 199. The number of hydrogen-bond acceptors (Lipinski definition) is 0. The predicted molar refractivity (Wildman–Crippen MR) is 255 cm³/mol. The minimum Gasteiger partial charge on any atom is -0.0788 e. The van der Waals surface area contributed by atoms with Crippen molar-refractivity contribution in [2.75, 3.05) is 0 Å². The topological polar surface area (TPSA) is 0 Å². The molecule has 0 aliphatic rings. The van der Waals surface area contributed by atoms with Crippen molar-refractivity contribution in [3.05, 3.63) is 0 Å². The average molecular weight is 836 g/mol. The van der Waals surface area contributed by atoms with Gasteiger partial charge in [0, 0.05) is 64.6 Å². The normalized spacial score (nSPS) is 16.0. The molecule has 0 saturated heterocycles. The zero-order valence-electron chi connectivity index (χ0n) is 37.5. The first-order valence-corrected chi connectivity index (χ1v) is 57.2. The van der Waals surface area contributed by atoms with Crippen molar-refractivity contribution in [2.45, 2.75) is 215 Å². The molecule has 274 valence electrons. The quantitative estimate of drug-likeness (QED) is 0.153. The number of hydrogen-bond donors (Lipinski definition) is 0. The Morgan fingerprint density at radius 2 is 0.348 bits per heavy atom. The van der Waals surface area contributed by atoms with Crippen LogP contribution in [0.3, 0.4) is 0 Å². The van der Waals surface area contributed by atoms with Crippen LogP contribution in [0.25, 0.3) is 0 Å². The molecule has 12 heteroatoms. The Bertz CT molecular complexity index is 857. The predicted octanol–water partition coefficient (Wildman–Crippen LogP) is 13.5. The third-order valence-electron chi connectivity index (χ3n) is 11.2. The van der Waals surface area contributed by atoms with E-state index in [0.717, 1.165) is 30.2 Å². The van der Waals surface area contributed by atoms with E-state index in [0.29, 0.717) is 0 Å². The molecular formula is C34H90Si12. The Morgan fingerprint density at radius 1 is 0.239 bits per heavy atom. The van der Waals surface area contributed by atoms with Crippen LogP contribution in [0.4, 0.5) is 0 Å². The molecule has 0 rings (SSSR count). The summed E-state index contributed by atoms with van der Waals surface area (Å²) in [7, 11) is -12.4. The summed E-state index contributed by atoms with van der Waals surface area (Å²) in [4.78, 5) is 4.48. The molecule has 0 nitrogen and oxygen atoms in total. The number of rotatable bonds is 14. The lowest BCUT2D eigenvalue weighted by atomic mass is 10.6. The van der Waals surface area contributed by atoms with Gasteiger partial charge in [-0.15, -0.1) is 0 Å². The van der Waals surface area contributed by atoms with E-state index >= 15 is 0 Å². The Kier molecular flexibility index (Phi) is 16.0. The first-order chi connectivity index (χ1) is 19.6. The maximum Gasteiger partial charge on any atom is 0.0971 e. The van der Waals surface area contributed by atoms with Crippen molar-refractivity contribution in [3.8, 4) is 0 Å². The fraction of sp³-hybridized carbons (Fsp3) is 1.00. The van der Waals surface area contributed by atoms with Crippen LogP contribution in [0.2, 0.25) is 187 Å². The van der Waals surface area contributed by atoms with Crippen LogP contribution in [0.1, 0.15) is 27.7 Å². The molecule has 0 aromatic heterocycles. The van der Waals surface area contributed by atoms with E-state index in [1.54, 1.807) is 0 Å². The third kappa shape index (κ3) is 11.1. The largest absolute Gasteiger partial charge is 0.0971 e. The van der Waals surface area contributed by atoms with Gasteiger partial charge in [-0.2, -0.15) is 0 Å². The van der Waals surface area contributed by atoms with Gasteiger partial charge in [0.05, 0.1) is 15.2 Å². The molecule has 0 N–H and O–H groups in total. The first-order valence-electron chi connectivity index (χ1n) is 19.1. The van der Waals surface area contributed by atoms with Crippen molar-refractivity contribution in [3.63, 3.8) is 0 Å². The lowest BCUT2D eigenvalue weighted by Gasteiger charge is -2.61. The zero-order chi connectivity index (χ0) is 37.9. The highest BCUT2D eigenvalue weighted by Crippen LogP contribution is 2.57. The molecule has 0 amide bonds. The van der Waals surface area contributed by atoms with Gasteiger partial charge in [0.1, 0.15) is 0 Å². The summed E-state index contributed by atoms with van der Waals surface area (Å²) < 4.78 is 0. The van der Waals surface area contributed by atoms with Crippen molar-refractivity contribution >= 4 is 95.6 Å². The van der Waals surface area contributed by atoms with Crippen LogP contribution in [-0.2, 0) is 0 Å². The van der Waals surface area contributed by atoms with Crippen LogP contribution in [0.5, 0.6) is 0 Å². The van der Waals surface area contributed by atoms with E-state index < -0.39 is 79.8 Å². The van der Waals surface area contributed by atoms with Gasteiger partial charge in [-0.05, 0) is 30.2 Å². The minimum atomic E-state index is -1.77. The molecule has 0 bridgehead atoms. The van der Waals surface area contributed by atoms with E-state index in [1.165, 1.54) is 15.9 Å². The Balaban J connectivity index is 9.52. The van der Waals surface area contributed by atoms with Crippen molar-refractivity contribution in [1.82, 2.24) is 0 Å². The van der Waals surface area contributed by atoms with E-state index in [9.17, 15) is 0 Å². The standard InChI is InChI=1S/C34H90Si12/c1-29(2)45(31(37(5,6)7)38(8,9)10,32(39(11,12)13)40(14,15)16)35-36-46(30(3)4,33(41(17,18)19)42(20,21)22)34(43(23,24)25)44(26,27)28/h29-34H,1-28H3. The Morgan fingerprint density at radius 3 is 0.413 bits per heavy atom. The molecule has 0 saturated carbocycles. The van der Waals surface area contributed by atoms with Crippen molar-refractivity contribution < 1.29 is 0 Å². The van der Waals surface area contributed by atoms with Gasteiger partial charge < -0.3 is 0 Å². The molecule has 0 aromatic rings. The monoisotopic (exact) mass is 834 g/mol. The average Bonchev–Trinajstić information content (AvgIpc) is 2.62. The molecule has 0 atom stereocenters. The highest BCUT2D eigenvalue weighted by atomic mass is 29.5. The summed E-state index contributed by atoms with van der Waals surface area (Å²) >= 11 is 0. The summed E-state index contributed by atoms with van der Waals surface area (Å²) in [5.41, 5.74) is 1.83. The van der Waals surface area contributed by atoms with E-state index in [2.05, 4.69) is 185 Å². The highest BCUT2D eigenvalue weighted by molar-refractivity contribution is 7.51. The summed E-state index contributed by atoms with van der Waals surface area (Å²) in [6, 6.07) is 0. The van der Waals surface area contributed by atoms with Crippen LogP contribution in [0, 0.1) is 0 Å². The molecule has 0 heterocycles. The van der Waals surface area contributed by atoms with Crippen molar-refractivity contribution in [1.29, 1.82) is 0 Å². The van der Waals surface area contributed by atoms with Gasteiger partial charge >= 0.3 is 0 Å². The molecule has 0 aliphatic heterocycles. The van der Waals surface area contributed by atoms with Crippen LogP contribution in [0.15, 0.2) is 0 Å². The second kappa shape index (κ2) is 15.2. The van der Waals surface area contributed by atoms with Gasteiger partial charge in [0.15, 0.2) is 0 Å². The maximum absolute atomic E-state index is 2.85. The highest BCUT2D eigenvalue weighted by Gasteiger charge is 2.65. The van der Waals surface area contributed by atoms with E-state index in [1.807, 2.05) is 0 Å². The second-order valence-corrected chi connectivity index (χ2v) is 94.5. The van der Waals surface area contributed by atoms with Gasteiger partial charge in [-0.25, -0.2) is 0 Å². The summed E-state index contributed by atoms with van der Waals surface area (Å²) in [6.45, 7) is 79.8. The molecule has 0 fully saturated rings. The van der Waals surface area contributed by atoms with Gasteiger partial charge in [-0.3, -0.25) is 0 Å². The molecule has 0 aromatic carbocycles. The lowest BCUT2D eigenvalue weighted by Crippen LogP contribution is -2.74. The zero-order valence-corrected chi connectivity index (χ0v) is 49.5. The van der Waals surface area contributed by atoms with Crippen molar-refractivity contribution in [2.24, 2.45) is 0 Å². The van der Waals surface area contributed by atoms with Crippen LogP contribution >= 0.6 is 0 Å². The fourth-order valence-electron chi connectivity index (χ4n) is 13.4. The van der Waals surface area contributed by atoms with Gasteiger partial charge in [0.2, 0.25) is 0 Å². The lowest BCUT2D eigenvalue weighted by molar-refractivity contribution is 0.989. The molecular weight excluding hydrogens is 745 g/mol. The third-order valence-corrected chi connectivity index (χ3v) is 116. The Hall–Kier alpha value is 2.60.